The minimum Gasteiger partial charge on any atom is -0.396 e. The lowest BCUT2D eigenvalue weighted by Gasteiger charge is -2.13. The molecule has 1 aliphatic carbocycles. The molecule has 0 spiro atoms. The number of fused-ring (bicyclic) bond motifs is 1. The first-order chi connectivity index (χ1) is 10.8. The summed E-state index contributed by atoms with van der Waals surface area (Å²) in [6, 6.07) is 4.54. The molecule has 0 aliphatic heterocycles. The third-order valence-corrected chi connectivity index (χ3v) is 5.58. The minimum atomic E-state index is 0.267. The summed E-state index contributed by atoms with van der Waals surface area (Å²) < 4.78 is 2.23. The van der Waals surface area contributed by atoms with Crippen molar-refractivity contribution in [2.45, 2.75) is 25.3 Å². The van der Waals surface area contributed by atoms with E-state index in [1.165, 1.54) is 4.88 Å². The molecule has 0 radical (unpaired) electrons. The number of nitrogens with zero attached hydrogens (tertiary/aromatic N) is 3. The lowest BCUT2D eigenvalue weighted by atomic mass is 10.1. The molecule has 1 saturated carbocycles. The summed E-state index contributed by atoms with van der Waals surface area (Å²) in [7, 11) is 0. The van der Waals surface area contributed by atoms with Gasteiger partial charge < -0.3 is 9.67 Å². The number of aliphatic hydroxyl groups is 1. The average molecular weight is 334 g/mol. The van der Waals surface area contributed by atoms with Gasteiger partial charge in [0, 0.05) is 40.9 Å². The van der Waals surface area contributed by atoms with Crippen molar-refractivity contribution >= 4 is 34.0 Å². The van der Waals surface area contributed by atoms with Crippen LogP contribution < -0.4 is 0 Å². The molecule has 0 saturated heterocycles. The van der Waals surface area contributed by atoms with Gasteiger partial charge in [0.05, 0.1) is 0 Å². The zero-order valence-electron chi connectivity index (χ0n) is 11.9. The molecular formula is C16H16ClN3OS. The molecule has 4 rings (SSSR count). The van der Waals surface area contributed by atoms with Crippen LogP contribution in [-0.4, -0.2) is 26.2 Å². The maximum Gasteiger partial charge on any atom is 0.224 e. The first-order valence-corrected chi connectivity index (χ1v) is 8.70. The summed E-state index contributed by atoms with van der Waals surface area (Å²) in [5.41, 5.74) is 2.06. The second-order valence-electron chi connectivity index (χ2n) is 5.82. The predicted octanol–water partition coefficient (Wildman–Crippen LogP) is 4.15. The van der Waals surface area contributed by atoms with E-state index in [9.17, 15) is 5.11 Å². The van der Waals surface area contributed by atoms with Gasteiger partial charge in [-0.3, -0.25) is 0 Å². The van der Waals surface area contributed by atoms with Crippen molar-refractivity contribution in [2.24, 2.45) is 5.92 Å². The van der Waals surface area contributed by atoms with Crippen molar-refractivity contribution in [3.05, 3.63) is 35.2 Å². The summed E-state index contributed by atoms with van der Waals surface area (Å²) >= 11 is 7.73. The Morgan fingerprint density at radius 3 is 3.05 bits per heavy atom. The number of thiophene rings is 1. The zero-order chi connectivity index (χ0) is 15.1. The topological polar surface area (TPSA) is 50.9 Å². The van der Waals surface area contributed by atoms with Gasteiger partial charge in [-0.2, -0.15) is 4.98 Å². The maximum atomic E-state index is 9.39. The maximum absolute atomic E-state index is 9.39. The molecule has 2 atom stereocenters. The van der Waals surface area contributed by atoms with Crippen LogP contribution in [0.4, 0.5) is 0 Å². The third kappa shape index (κ3) is 2.33. The van der Waals surface area contributed by atoms with Crippen LogP contribution in [0.2, 0.25) is 5.28 Å². The number of hydrogen-bond acceptors (Lipinski definition) is 4. The summed E-state index contributed by atoms with van der Waals surface area (Å²) in [6.45, 7) is 0.267. The zero-order valence-corrected chi connectivity index (χ0v) is 13.5. The fourth-order valence-corrected chi connectivity index (χ4v) is 4.26. The van der Waals surface area contributed by atoms with Gasteiger partial charge in [0.2, 0.25) is 5.28 Å². The summed E-state index contributed by atoms with van der Waals surface area (Å²) in [4.78, 5) is 9.83. The molecule has 3 heterocycles. The van der Waals surface area contributed by atoms with Gasteiger partial charge in [0.25, 0.3) is 0 Å². The van der Waals surface area contributed by atoms with Gasteiger partial charge in [0.1, 0.15) is 5.65 Å². The monoisotopic (exact) mass is 333 g/mol. The first-order valence-electron chi connectivity index (χ1n) is 7.44. The Balaban J connectivity index is 1.86. The van der Waals surface area contributed by atoms with Gasteiger partial charge in [-0.25, -0.2) is 4.98 Å². The summed E-state index contributed by atoms with van der Waals surface area (Å²) in [5.74, 6) is 0.393. The van der Waals surface area contributed by atoms with E-state index in [1.54, 1.807) is 11.3 Å². The van der Waals surface area contributed by atoms with Gasteiger partial charge in [0.15, 0.2) is 0 Å². The SMILES string of the molecule is OC[C@@H]1CC[C@H](n2cc(-c3cccs3)c3cnc(Cl)nc32)C1. The van der Waals surface area contributed by atoms with E-state index in [2.05, 4.69) is 38.2 Å². The smallest absolute Gasteiger partial charge is 0.224 e. The Morgan fingerprint density at radius 2 is 2.32 bits per heavy atom. The quantitative estimate of drug-likeness (QED) is 0.733. The first kappa shape index (κ1) is 14.2. The minimum absolute atomic E-state index is 0.267. The molecule has 0 amide bonds. The predicted molar refractivity (Wildman–Crippen MR) is 89.3 cm³/mol. The molecule has 0 bridgehead atoms. The van der Waals surface area contributed by atoms with E-state index in [4.69, 9.17) is 11.6 Å². The molecule has 0 aromatic carbocycles. The normalized spacial score (nSPS) is 21.7. The molecule has 22 heavy (non-hydrogen) atoms. The molecule has 3 aromatic rings. The van der Waals surface area contributed by atoms with Gasteiger partial charge >= 0.3 is 0 Å². The number of hydrogen-bond donors (Lipinski definition) is 1. The molecule has 1 fully saturated rings. The number of halogens is 1. The molecule has 114 valence electrons. The molecule has 1 aliphatic rings. The van der Waals surface area contributed by atoms with Crippen LogP contribution in [0.3, 0.4) is 0 Å². The number of aromatic nitrogens is 3. The fourth-order valence-electron chi connectivity index (χ4n) is 3.38. The summed E-state index contributed by atoms with van der Waals surface area (Å²) in [5, 5.41) is 12.8. The Bertz CT molecular complexity index is 799. The second-order valence-corrected chi connectivity index (χ2v) is 7.10. The van der Waals surface area contributed by atoms with Crippen molar-refractivity contribution in [1.82, 2.24) is 14.5 Å². The van der Waals surface area contributed by atoms with Crippen molar-refractivity contribution in [3.8, 4) is 10.4 Å². The fraction of sp³-hybridized carbons (Fsp3) is 0.375. The van der Waals surface area contributed by atoms with Crippen LogP contribution in [0, 0.1) is 5.92 Å². The molecular weight excluding hydrogens is 318 g/mol. The molecule has 3 aromatic heterocycles. The van der Waals surface area contributed by atoms with Crippen LogP contribution in [0.15, 0.2) is 29.9 Å². The van der Waals surface area contributed by atoms with Crippen molar-refractivity contribution in [3.63, 3.8) is 0 Å². The molecule has 4 nitrogen and oxygen atoms in total. The Labute approximate surface area is 137 Å². The standard InChI is InChI=1S/C16H16ClN3OS/c17-16-18-7-12-13(14-2-1-5-22-14)8-20(15(12)19-16)11-4-3-10(6-11)9-21/h1-2,5,7-8,10-11,21H,3-4,6,9H2/t10-,11+/m1/s1. The Kier molecular flexibility index (Phi) is 3.64. The van der Waals surface area contributed by atoms with E-state index in [0.717, 1.165) is 35.9 Å². The van der Waals surface area contributed by atoms with Crippen LogP contribution >= 0.6 is 22.9 Å². The van der Waals surface area contributed by atoms with E-state index in [-0.39, 0.29) is 11.9 Å². The largest absolute Gasteiger partial charge is 0.396 e. The molecule has 6 heteroatoms. The molecule has 0 unspecified atom stereocenters. The average Bonchev–Trinajstić information content (AvgIpc) is 3.25. The number of aliphatic hydroxyl groups excluding tert-OH is 1. The van der Waals surface area contributed by atoms with Gasteiger partial charge in [-0.05, 0) is 48.2 Å². The highest BCUT2D eigenvalue weighted by Crippen LogP contribution is 2.40. The van der Waals surface area contributed by atoms with Crippen LogP contribution in [-0.2, 0) is 0 Å². The van der Waals surface area contributed by atoms with Crippen LogP contribution in [0.25, 0.3) is 21.5 Å². The highest BCUT2D eigenvalue weighted by atomic mass is 35.5. The highest BCUT2D eigenvalue weighted by Gasteiger charge is 2.27. The highest BCUT2D eigenvalue weighted by molar-refractivity contribution is 7.13. The lowest BCUT2D eigenvalue weighted by Crippen LogP contribution is -2.06. The lowest BCUT2D eigenvalue weighted by molar-refractivity contribution is 0.226. The van der Waals surface area contributed by atoms with E-state index >= 15 is 0 Å². The van der Waals surface area contributed by atoms with Crippen molar-refractivity contribution in [1.29, 1.82) is 0 Å². The van der Waals surface area contributed by atoms with Gasteiger partial charge in [-0.1, -0.05) is 6.07 Å². The van der Waals surface area contributed by atoms with E-state index < -0.39 is 0 Å². The third-order valence-electron chi connectivity index (χ3n) is 4.49. The second kappa shape index (κ2) is 5.65. The van der Waals surface area contributed by atoms with Crippen LogP contribution in [0.1, 0.15) is 25.3 Å². The van der Waals surface area contributed by atoms with Crippen molar-refractivity contribution < 1.29 is 5.11 Å². The van der Waals surface area contributed by atoms with Crippen LogP contribution in [0.5, 0.6) is 0 Å². The van der Waals surface area contributed by atoms with E-state index in [0.29, 0.717) is 12.0 Å². The van der Waals surface area contributed by atoms with Crippen molar-refractivity contribution in [2.75, 3.05) is 6.61 Å². The van der Waals surface area contributed by atoms with E-state index in [1.807, 2.05) is 6.20 Å². The Morgan fingerprint density at radius 1 is 1.41 bits per heavy atom. The molecule has 1 N–H and O–H groups in total. The summed E-state index contributed by atoms with van der Waals surface area (Å²) in [6.07, 6.45) is 7.11. The Hall–Kier alpha value is -1.43. The number of rotatable bonds is 3. The van der Waals surface area contributed by atoms with Gasteiger partial charge in [-0.15, -0.1) is 11.3 Å².